The highest BCUT2D eigenvalue weighted by Gasteiger charge is 2.35. The number of alkyl halides is 3. The number of hydrogen-bond acceptors (Lipinski definition) is 4. The molecule has 1 saturated heterocycles. The van der Waals surface area contributed by atoms with Crippen LogP contribution in [0.2, 0.25) is 5.15 Å². The number of amidine groups is 1. The topological polar surface area (TPSA) is 52.9 Å². The Kier molecular flexibility index (Phi) is 8.54. The molecule has 0 radical (unpaired) electrons. The molecule has 190 valence electrons. The Morgan fingerprint density at radius 3 is 2.43 bits per heavy atom. The van der Waals surface area contributed by atoms with Crippen molar-refractivity contribution in [1.29, 1.82) is 0 Å². The highest BCUT2D eigenvalue weighted by Crippen LogP contribution is 2.36. The van der Waals surface area contributed by atoms with Gasteiger partial charge < -0.3 is 10.2 Å². The van der Waals surface area contributed by atoms with Gasteiger partial charge in [0.25, 0.3) is 0 Å². The highest BCUT2D eigenvalue weighted by atomic mass is 35.5. The van der Waals surface area contributed by atoms with Gasteiger partial charge in [-0.1, -0.05) is 23.7 Å². The molecule has 2 heterocycles. The minimum atomic E-state index is -4.79. The Bertz CT molecular complexity index is 1090. The average molecular weight is 512 g/mol. The van der Waals surface area contributed by atoms with E-state index < -0.39 is 23.6 Å². The molecule has 2 aromatic rings. The Labute approximate surface area is 208 Å². The summed E-state index contributed by atoms with van der Waals surface area (Å²) in [6.45, 7) is 11.3. The number of aliphatic imine (C=N–C) groups is 2. The minimum Gasteiger partial charge on any atom is -0.363 e. The van der Waals surface area contributed by atoms with Gasteiger partial charge in [-0.2, -0.15) is 13.2 Å². The van der Waals surface area contributed by atoms with Crippen molar-refractivity contribution in [3.63, 3.8) is 0 Å². The van der Waals surface area contributed by atoms with Crippen LogP contribution >= 0.6 is 11.6 Å². The average Bonchev–Trinajstić information content (AvgIpc) is 2.81. The molecule has 1 aliphatic heterocycles. The first-order chi connectivity index (χ1) is 16.5. The molecule has 0 saturated carbocycles. The van der Waals surface area contributed by atoms with Crippen molar-refractivity contribution < 1.29 is 17.6 Å². The van der Waals surface area contributed by atoms with Crippen LogP contribution in [0.15, 0.2) is 34.3 Å². The van der Waals surface area contributed by atoms with Crippen molar-refractivity contribution in [1.82, 2.24) is 15.2 Å². The number of likely N-dealkylation sites (tertiary alicyclic amines) is 1. The fraction of sp³-hybridized carbons (Fsp3) is 0.480. The maximum absolute atomic E-state index is 14.7. The predicted octanol–water partition coefficient (Wildman–Crippen LogP) is 6.54. The molecule has 10 heteroatoms. The van der Waals surface area contributed by atoms with E-state index in [-0.39, 0.29) is 17.3 Å². The molecular formula is C25H30ClF4N5. The number of halogens is 5. The molecule has 35 heavy (non-hydrogen) atoms. The van der Waals surface area contributed by atoms with E-state index in [2.05, 4.69) is 45.8 Å². The lowest BCUT2D eigenvalue weighted by Gasteiger charge is -2.35. The van der Waals surface area contributed by atoms with Gasteiger partial charge in [0.1, 0.15) is 16.8 Å². The Hall–Kier alpha value is -2.52. The number of piperidine rings is 1. The van der Waals surface area contributed by atoms with Gasteiger partial charge >= 0.3 is 6.18 Å². The molecule has 0 bridgehead atoms. The Morgan fingerprint density at radius 2 is 1.89 bits per heavy atom. The molecular weight excluding hydrogens is 482 g/mol. The molecule has 0 amide bonds. The van der Waals surface area contributed by atoms with Gasteiger partial charge in [0, 0.05) is 18.7 Å². The van der Waals surface area contributed by atoms with Gasteiger partial charge in [-0.3, -0.25) is 4.99 Å². The highest BCUT2D eigenvalue weighted by molar-refractivity contribution is 6.30. The van der Waals surface area contributed by atoms with E-state index in [1.54, 1.807) is 6.92 Å². The number of nitrogens with one attached hydrogen (secondary N) is 1. The Balaban J connectivity index is 1.92. The van der Waals surface area contributed by atoms with Crippen molar-refractivity contribution in [3.8, 4) is 0 Å². The van der Waals surface area contributed by atoms with Crippen molar-refractivity contribution in [2.75, 3.05) is 20.1 Å². The minimum absolute atomic E-state index is 0.128. The van der Waals surface area contributed by atoms with Crippen LogP contribution in [0.4, 0.5) is 23.4 Å². The number of aromatic nitrogens is 1. The van der Waals surface area contributed by atoms with Crippen LogP contribution in [-0.2, 0) is 6.18 Å². The molecule has 1 fully saturated rings. The van der Waals surface area contributed by atoms with Crippen molar-refractivity contribution >= 4 is 30.0 Å². The van der Waals surface area contributed by atoms with Crippen LogP contribution in [0, 0.1) is 5.82 Å². The molecule has 1 aliphatic rings. The Morgan fingerprint density at radius 1 is 1.23 bits per heavy atom. The largest absolute Gasteiger partial charge is 0.419 e. The lowest BCUT2D eigenvalue weighted by Crippen LogP contribution is -2.38. The second-order valence-electron chi connectivity index (χ2n) is 8.95. The maximum atomic E-state index is 14.7. The van der Waals surface area contributed by atoms with Gasteiger partial charge in [0.15, 0.2) is 5.82 Å². The van der Waals surface area contributed by atoms with E-state index in [0.717, 1.165) is 37.6 Å². The molecule has 0 aliphatic carbocycles. The van der Waals surface area contributed by atoms with Crippen LogP contribution < -0.4 is 5.32 Å². The second kappa shape index (κ2) is 11.0. The normalized spacial score (nSPS) is 17.0. The van der Waals surface area contributed by atoms with E-state index in [1.807, 2.05) is 6.07 Å². The summed E-state index contributed by atoms with van der Waals surface area (Å²) in [6, 6.07) is 4.73. The third-order valence-corrected chi connectivity index (χ3v) is 6.77. The third-order valence-electron chi connectivity index (χ3n) is 6.46. The summed E-state index contributed by atoms with van der Waals surface area (Å²) in [5, 5.41) is 3.37. The summed E-state index contributed by atoms with van der Waals surface area (Å²) in [4.78, 5) is 15.1. The molecule has 1 N–H and O–H groups in total. The van der Waals surface area contributed by atoms with Gasteiger partial charge in [-0.05, 0) is 77.0 Å². The number of benzene rings is 1. The smallest absolute Gasteiger partial charge is 0.363 e. The molecule has 1 aromatic heterocycles. The lowest BCUT2D eigenvalue weighted by molar-refractivity contribution is -0.140. The summed E-state index contributed by atoms with van der Waals surface area (Å²) < 4.78 is 54.3. The molecule has 1 atom stereocenters. The zero-order valence-corrected chi connectivity index (χ0v) is 21.0. The summed E-state index contributed by atoms with van der Waals surface area (Å²) in [7, 11) is 1.53. The maximum Gasteiger partial charge on any atom is 0.419 e. The van der Waals surface area contributed by atoms with Crippen LogP contribution in [0.3, 0.4) is 0 Å². The number of pyridine rings is 1. The lowest BCUT2D eigenvalue weighted by atomic mass is 9.89. The zero-order valence-electron chi connectivity index (χ0n) is 20.3. The summed E-state index contributed by atoms with van der Waals surface area (Å²) in [6.07, 6.45) is -2.96. The third kappa shape index (κ3) is 6.01. The van der Waals surface area contributed by atoms with Gasteiger partial charge in [-0.15, -0.1) is 0 Å². The van der Waals surface area contributed by atoms with E-state index in [9.17, 15) is 17.6 Å². The van der Waals surface area contributed by atoms with Crippen molar-refractivity contribution in [2.24, 2.45) is 9.98 Å². The van der Waals surface area contributed by atoms with Crippen LogP contribution in [0.25, 0.3) is 0 Å². The standard InChI is InChI=1S/C25H30ClF4N5/c1-14(2)35-11-9-16(10-12-35)18-13-19(24(32-5)34-22(18)26)23(31-4)33-15(3)17-7-6-8-20(21(17)27)25(28,29)30/h6-8,13-16H,5,9-12H2,1-4H3,(H,31,33)/t15-/m1/s1. The van der Waals surface area contributed by atoms with Gasteiger partial charge in [0.05, 0.1) is 17.2 Å². The first-order valence-electron chi connectivity index (χ1n) is 11.5. The molecule has 3 rings (SSSR count). The fourth-order valence-electron chi connectivity index (χ4n) is 4.45. The molecule has 5 nitrogen and oxygen atoms in total. The van der Waals surface area contributed by atoms with Crippen molar-refractivity contribution in [3.05, 3.63) is 57.5 Å². The van der Waals surface area contributed by atoms with E-state index in [0.29, 0.717) is 22.6 Å². The van der Waals surface area contributed by atoms with E-state index >= 15 is 0 Å². The molecule has 0 spiro atoms. The first-order valence-corrected chi connectivity index (χ1v) is 11.9. The number of rotatable bonds is 6. The van der Waals surface area contributed by atoms with Crippen molar-refractivity contribution in [2.45, 2.75) is 57.8 Å². The predicted molar refractivity (Wildman–Crippen MR) is 133 cm³/mol. The fourth-order valence-corrected chi connectivity index (χ4v) is 4.74. The van der Waals surface area contributed by atoms with E-state index in [1.165, 1.54) is 19.2 Å². The monoisotopic (exact) mass is 511 g/mol. The quantitative estimate of drug-likeness (QED) is 0.207. The van der Waals surface area contributed by atoms with Crippen LogP contribution in [0.1, 0.15) is 67.8 Å². The summed E-state index contributed by atoms with van der Waals surface area (Å²) in [5.74, 6) is -0.576. The van der Waals surface area contributed by atoms with Gasteiger partial charge in [0.2, 0.25) is 0 Å². The van der Waals surface area contributed by atoms with E-state index in [4.69, 9.17) is 11.6 Å². The van der Waals surface area contributed by atoms with Crippen LogP contribution in [0.5, 0.6) is 0 Å². The first kappa shape index (κ1) is 27.1. The summed E-state index contributed by atoms with van der Waals surface area (Å²) >= 11 is 6.51. The zero-order chi connectivity index (χ0) is 25.9. The summed E-state index contributed by atoms with van der Waals surface area (Å²) in [5.41, 5.74) is -0.0710. The second-order valence-corrected chi connectivity index (χ2v) is 9.30. The van der Waals surface area contributed by atoms with Gasteiger partial charge in [-0.25, -0.2) is 14.4 Å². The SMILES string of the molecule is C=Nc1nc(Cl)c(C2CCN(C(C)C)CC2)cc1/C(=N\C)N[C@H](C)c1cccc(C(F)(F)F)c1F. The molecule has 1 aromatic carbocycles. The van der Waals surface area contributed by atoms with Crippen LogP contribution in [-0.4, -0.2) is 48.6 Å². The molecule has 0 unspecified atom stereocenters. The number of nitrogens with zero attached hydrogens (tertiary/aromatic N) is 4. The number of hydrogen-bond donors (Lipinski definition) is 1.